The number of nitrogens with zero attached hydrogens (tertiary/aromatic N) is 2. The Balaban J connectivity index is 2.16. The van der Waals surface area contributed by atoms with Gasteiger partial charge < -0.3 is 5.32 Å². The van der Waals surface area contributed by atoms with Gasteiger partial charge in [0, 0.05) is 6.54 Å². The van der Waals surface area contributed by atoms with Crippen LogP contribution in [0.1, 0.15) is 26.2 Å². The number of azo groups is 1. The monoisotopic (exact) mass is 210 g/mol. The van der Waals surface area contributed by atoms with Gasteiger partial charge in [0.2, 0.25) is 0 Å². The molecule has 0 fully saturated rings. The summed E-state index contributed by atoms with van der Waals surface area (Å²) in [6.45, 7) is 2.72. The summed E-state index contributed by atoms with van der Waals surface area (Å²) in [6.07, 6.45) is 4.31. The Labute approximate surface area is 87.8 Å². The zero-order valence-corrected chi connectivity index (χ0v) is 8.62. The van der Waals surface area contributed by atoms with E-state index in [1.54, 1.807) is 0 Å². The SMILES string of the molecule is CCCCCNC(=O)NC1=CC(=O)N=N1. The largest absolute Gasteiger partial charge is 0.338 e. The second-order valence-electron chi connectivity index (χ2n) is 3.16. The van der Waals surface area contributed by atoms with Crippen molar-refractivity contribution in [1.29, 1.82) is 0 Å². The molecule has 1 aliphatic heterocycles. The maximum absolute atomic E-state index is 11.2. The van der Waals surface area contributed by atoms with Gasteiger partial charge in [0.1, 0.15) is 0 Å². The van der Waals surface area contributed by atoms with Crippen molar-refractivity contribution in [2.24, 2.45) is 10.2 Å². The molecule has 1 heterocycles. The first kappa shape index (κ1) is 11.4. The van der Waals surface area contributed by atoms with Crippen LogP contribution in [0.5, 0.6) is 0 Å². The van der Waals surface area contributed by atoms with Crippen LogP contribution in [0.15, 0.2) is 22.1 Å². The van der Waals surface area contributed by atoms with Crippen LogP contribution >= 0.6 is 0 Å². The van der Waals surface area contributed by atoms with Gasteiger partial charge in [-0.15, -0.1) is 10.2 Å². The van der Waals surface area contributed by atoms with Crippen molar-refractivity contribution in [2.75, 3.05) is 6.54 Å². The minimum absolute atomic E-state index is 0.188. The molecule has 1 rings (SSSR count). The Morgan fingerprint density at radius 1 is 1.40 bits per heavy atom. The quantitative estimate of drug-likeness (QED) is 0.670. The van der Waals surface area contributed by atoms with Crippen molar-refractivity contribution in [3.05, 3.63) is 11.9 Å². The van der Waals surface area contributed by atoms with E-state index in [0.717, 1.165) is 19.3 Å². The minimum Gasteiger partial charge on any atom is -0.338 e. The van der Waals surface area contributed by atoms with Gasteiger partial charge in [-0.1, -0.05) is 19.8 Å². The fourth-order valence-corrected chi connectivity index (χ4v) is 1.08. The van der Waals surface area contributed by atoms with Crippen molar-refractivity contribution in [3.8, 4) is 0 Å². The highest BCUT2D eigenvalue weighted by molar-refractivity contribution is 5.91. The molecule has 15 heavy (non-hydrogen) atoms. The molecule has 1 aliphatic rings. The molecule has 0 saturated heterocycles. The first-order valence-electron chi connectivity index (χ1n) is 4.94. The van der Waals surface area contributed by atoms with E-state index < -0.39 is 5.91 Å². The standard InChI is InChI=1S/C9H14N4O2/c1-2-3-4-5-10-9(15)11-7-6-8(14)13-12-7/h6H,2-5H2,1H3,(H2,10,11,15). The number of carbonyl (C=O) groups is 2. The second kappa shape index (κ2) is 5.90. The van der Waals surface area contributed by atoms with Crippen LogP contribution in [0, 0.1) is 0 Å². The maximum atomic E-state index is 11.2. The van der Waals surface area contributed by atoms with E-state index in [1.165, 1.54) is 6.08 Å². The van der Waals surface area contributed by atoms with Gasteiger partial charge in [0.25, 0.3) is 5.91 Å². The van der Waals surface area contributed by atoms with Crippen LogP contribution < -0.4 is 10.6 Å². The lowest BCUT2D eigenvalue weighted by atomic mass is 10.2. The minimum atomic E-state index is -0.448. The van der Waals surface area contributed by atoms with Gasteiger partial charge in [-0.2, -0.15) is 0 Å². The van der Waals surface area contributed by atoms with E-state index in [2.05, 4.69) is 27.8 Å². The van der Waals surface area contributed by atoms with Crippen LogP contribution in [0.3, 0.4) is 0 Å². The highest BCUT2D eigenvalue weighted by Crippen LogP contribution is 2.02. The third kappa shape index (κ3) is 4.35. The van der Waals surface area contributed by atoms with Crippen LogP contribution in [-0.4, -0.2) is 18.5 Å². The molecule has 0 bridgehead atoms. The molecule has 0 aromatic carbocycles. The van der Waals surface area contributed by atoms with E-state index >= 15 is 0 Å². The summed E-state index contributed by atoms with van der Waals surface area (Å²) in [5.41, 5.74) is 0. The number of hydrogen-bond acceptors (Lipinski definition) is 3. The van der Waals surface area contributed by atoms with Gasteiger partial charge in [0.05, 0.1) is 6.08 Å². The number of rotatable bonds is 5. The highest BCUT2D eigenvalue weighted by atomic mass is 16.2. The molecule has 0 saturated carbocycles. The lowest BCUT2D eigenvalue weighted by Crippen LogP contribution is -2.34. The second-order valence-corrected chi connectivity index (χ2v) is 3.16. The summed E-state index contributed by atoms with van der Waals surface area (Å²) in [4.78, 5) is 21.8. The summed E-state index contributed by atoms with van der Waals surface area (Å²) in [6, 6.07) is -0.356. The van der Waals surface area contributed by atoms with Gasteiger partial charge in [-0.25, -0.2) is 4.79 Å². The van der Waals surface area contributed by atoms with Gasteiger partial charge in [-0.05, 0) is 6.42 Å². The summed E-state index contributed by atoms with van der Waals surface area (Å²) in [5.74, 6) is -0.260. The fourth-order valence-electron chi connectivity index (χ4n) is 1.08. The molecular formula is C9H14N4O2. The zero-order valence-electron chi connectivity index (χ0n) is 8.62. The summed E-state index contributed by atoms with van der Waals surface area (Å²) >= 11 is 0. The number of amides is 3. The van der Waals surface area contributed by atoms with E-state index in [4.69, 9.17) is 0 Å². The molecule has 0 aromatic heterocycles. The molecule has 0 aromatic rings. The summed E-state index contributed by atoms with van der Waals surface area (Å²) in [7, 11) is 0. The Bertz CT molecular complexity index is 309. The number of urea groups is 1. The molecule has 0 spiro atoms. The first-order chi connectivity index (χ1) is 7.22. The molecule has 0 radical (unpaired) electrons. The van der Waals surface area contributed by atoms with Crippen molar-refractivity contribution in [1.82, 2.24) is 10.6 Å². The third-order valence-corrected chi connectivity index (χ3v) is 1.82. The fraction of sp³-hybridized carbons (Fsp3) is 0.556. The van der Waals surface area contributed by atoms with E-state index in [0.29, 0.717) is 6.54 Å². The number of hydrogen-bond donors (Lipinski definition) is 2. The number of nitrogens with one attached hydrogen (secondary N) is 2. The molecule has 3 amide bonds. The predicted octanol–water partition coefficient (Wildman–Crippen LogP) is 1.31. The lowest BCUT2D eigenvalue weighted by molar-refractivity contribution is -0.113. The highest BCUT2D eigenvalue weighted by Gasteiger charge is 2.10. The van der Waals surface area contributed by atoms with Crippen LogP contribution in [0.4, 0.5) is 4.79 Å². The predicted molar refractivity (Wildman–Crippen MR) is 54.0 cm³/mol. The lowest BCUT2D eigenvalue weighted by Gasteiger charge is -2.04. The normalized spacial score (nSPS) is 13.9. The average Bonchev–Trinajstić information content (AvgIpc) is 2.59. The Morgan fingerprint density at radius 2 is 2.20 bits per heavy atom. The van der Waals surface area contributed by atoms with Crippen molar-refractivity contribution in [3.63, 3.8) is 0 Å². The van der Waals surface area contributed by atoms with Crippen LogP contribution in [0.25, 0.3) is 0 Å². The van der Waals surface area contributed by atoms with Crippen molar-refractivity contribution in [2.45, 2.75) is 26.2 Å². The van der Waals surface area contributed by atoms with E-state index in [-0.39, 0.29) is 11.9 Å². The first-order valence-corrected chi connectivity index (χ1v) is 4.94. The topological polar surface area (TPSA) is 82.9 Å². The van der Waals surface area contributed by atoms with Crippen LogP contribution in [-0.2, 0) is 4.79 Å². The Kier molecular flexibility index (Phi) is 4.46. The summed E-state index contributed by atoms with van der Waals surface area (Å²) < 4.78 is 0. The maximum Gasteiger partial charge on any atom is 0.320 e. The molecule has 2 N–H and O–H groups in total. The summed E-state index contributed by atoms with van der Waals surface area (Å²) in [5, 5.41) is 11.8. The van der Waals surface area contributed by atoms with Crippen molar-refractivity contribution >= 4 is 11.9 Å². The molecule has 6 heteroatoms. The smallest absolute Gasteiger partial charge is 0.320 e. The third-order valence-electron chi connectivity index (χ3n) is 1.82. The van der Waals surface area contributed by atoms with Gasteiger partial charge >= 0.3 is 6.03 Å². The molecule has 6 nitrogen and oxygen atoms in total. The molecule has 0 atom stereocenters. The molecule has 0 unspecified atom stereocenters. The zero-order chi connectivity index (χ0) is 11.1. The number of carbonyl (C=O) groups excluding carboxylic acids is 2. The van der Waals surface area contributed by atoms with Crippen molar-refractivity contribution < 1.29 is 9.59 Å². The van der Waals surface area contributed by atoms with Gasteiger partial charge in [0.15, 0.2) is 5.82 Å². The van der Waals surface area contributed by atoms with Gasteiger partial charge in [-0.3, -0.25) is 10.1 Å². The average molecular weight is 210 g/mol. The molecule has 0 aliphatic carbocycles. The molecular weight excluding hydrogens is 196 g/mol. The Morgan fingerprint density at radius 3 is 2.80 bits per heavy atom. The van der Waals surface area contributed by atoms with E-state index in [9.17, 15) is 9.59 Å². The Hall–Kier alpha value is -1.72. The molecule has 82 valence electrons. The van der Waals surface area contributed by atoms with E-state index in [1.807, 2.05) is 0 Å². The van der Waals surface area contributed by atoms with Crippen LogP contribution in [0.2, 0.25) is 0 Å². The number of unbranched alkanes of at least 4 members (excludes halogenated alkanes) is 2.